The van der Waals surface area contributed by atoms with Gasteiger partial charge in [0.25, 0.3) is 0 Å². The molecule has 3 aromatic heterocycles. The molecule has 0 radical (unpaired) electrons. The van der Waals surface area contributed by atoms with Gasteiger partial charge in [0.15, 0.2) is 0 Å². The first-order valence-electron chi connectivity index (χ1n) is 27.3. The molecule has 8 rings (SSSR count). The first-order valence-corrected chi connectivity index (χ1v) is 27.3. The number of aryl methyl sites for hydroxylation is 2. The Hall–Kier alpha value is -5.87. The monoisotopic (exact) mass is 1020 g/mol. The molecule has 5 aromatic rings. The quantitative estimate of drug-likeness (QED) is 0.0319. The van der Waals surface area contributed by atoms with Crippen molar-refractivity contribution in [2.24, 2.45) is 11.1 Å². The van der Waals surface area contributed by atoms with Gasteiger partial charge in [-0.05, 0) is 117 Å². The normalized spacial score (nSPS) is 17.4. The van der Waals surface area contributed by atoms with Crippen LogP contribution in [0.25, 0.3) is 33.3 Å². The zero-order chi connectivity index (χ0) is 53.5. The molecule has 404 valence electrons. The minimum Gasteiger partial charge on any atom is -0.464 e. The summed E-state index contributed by atoms with van der Waals surface area (Å²) in [5, 5.41) is 4.70. The van der Waals surface area contributed by atoms with Crippen LogP contribution in [0.15, 0.2) is 79.3 Å². The van der Waals surface area contributed by atoms with Crippen molar-refractivity contribution in [2.75, 3.05) is 69.9 Å². The third-order valence-electron chi connectivity index (χ3n) is 13.4. The summed E-state index contributed by atoms with van der Waals surface area (Å²) in [7, 11) is 1.74. The summed E-state index contributed by atoms with van der Waals surface area (Å²) < 4.78 is 20.2. The molecule has 5 N–H and O–H groups in total. The maximum atomic E-state index is 13.7. The van der Waals surface area contributed by atoms with Crippen molar-refractivity contribution in [3.05, 3.63) is 96.1 Å². The van der Waals surface area contributed by atoms with Crippen molar-refractivity contribution in [1.29, 1.82) is 0 Å². The lowest BCUT2D eigenvalue weighted by atomic mass is 9.84. The number of pyridine rings is 2. The predicted molar refractivity (Wildman–Crippen MR) is 300 cm³/mol. The summed E-state index contributed by atoms with van der Waals surface area (Å²) in [5.41, 5.74) is 21.1. The van der Waals surface area contributed by atoms with Gasteiger partial charge in [-0.15, -0.1) is 0 Å². The van der Waals surface area contributed by atoms with Crippen molar-refractivity contribution < 1.29 is 28.6 Å². The van der Waals surface area contributed by atoms with Crippen molar-refractivity contribution in [3.63, 3.8) is 0 Å². The summed E-state index contributed by atoms with van der Waals surface area (Å²) >= 11 is 0. The Bertz CT molecular complexity index is 2460. The molecular formula is C59H87N9O6. The number of nitrogens with zero attached hydrogens (tertiary/aromatic N) is 5. The number of benzene rings is 2. The number of hydrazine groups is 1. The number of primary amides is 1. The number of amides is 2. The molecule has 1 aliphatic carbocycles. The number of aromatic nitrogens is 3. The molecule has 1 saturated carbocycles. The number of methoxy groups -OCH3 is 1. The molecule has 1 saturated heterocycles. The first kappa shape index (κ1) is 59.0. The maximum Gasteiger partial charge on any atom is 0.324 e. The highest BCUT2D eigenvalue weighted by molar-refractivity contribution is 5.96. The standard InChI is InChI=1S/C49H68N8O6.C5H5N.C3H8.C2H6/c1-6-57-44-15-12-35-27-40(44)42(47(57)41-28-39(30-52-46(41)33(2)61-5)56-20-18-55(19-21-56)38-13-14-38)29-49(3,4)31-63-48(60)43(54-53-32-58)11-9-7-8-10-34-24-36(35)26-37(25-34)51-17-23-62-22-16-45(50)59;1-2-4-6-5-3-1;1-3-2;1-2/h12,15,24-28,30,32-33,38,43,51,54H,6-11,13-14,16-23,29,31H2,1-5H3,(H2,50,59)(H,53,58);1-5H;3H2,1-2H3;1-2H3/t33?,43-;;;/m0.../s1. The fraction of sp³-hybridized carbons (Fsp3) is 0.542. The first-order chi connectivity index (χ1) is 35.9. The fourth-order valence-electron chi connectivity index (χ4n) is 9.56. The zero-order valence-electron chi connectivity index (χ0n) is 46.0. The number of carbonyl (C=O) groups is 3. The van der Waals surface area contributed by atoms with E-state index in [2.05, 4.69) is 120 Å². The van der Waals surface area contributed by atoms with Crippen LogP contribution in [-0.2, 0) is 48.0 Å². The number of fused-ring (bicyclic) bond motifs is 4. The van der Waals surface area contributed by atoms with Gasteiger partial charge in [0.05, 0.1) is 49.2 Å². The molecule has 2 aliphatic heterocycles. The second-order valence-corrected chi connectivity index (χ2v) is 20.0. The van der Waals surface area contributed by atoms with E-state index in [1.165, 1.54) is 24.8 Å². The Morgan fingerprint density at radius 2 is 1.69 bits per heavy atom. The molecule has 5 heterocycles. The molecule has 2 fully saturated rings. The van der Waals surface area contributed by atoms with E-state index in [0.717, 1.165) is 120 Å². The second-order valence-electron chi connectivity index (χ2n) is 20.0. The number of carbonyl (C=O) groups excluding carboxylic acids is 3. The van der Waals surface area contributed by atoms with Crippen LogP contribution < -0.4 is 26.8 Å². The molecule has 4 bridgehead atoms. The van der Waals surface area contributed by atoms with Crippen LogP contribution >= 0.6 is 0 Å². The van der Waals surface area contributed by atoms with Crippen LogP contribution in [0, 0.1) is 5.41 Å². The maximum absolute atomic E-state index is 13.7. The zero-order valence-corrected chi connectivity index (χ0v) is 46.0. The molecular weight excluding hydrogens is 931 g/mol. The molecule has 0 spiro atoms. The van der Waals surface area contributed by atoms with E-state index in [1.54, 1.807) is 19.5 Å². The summed E-state index contributed by atoms with van der Waals surface area (Å²) in [6.07, 6.45) is 14.5. The molecule has 1 unspecified atom stereocenters. The smallest absolute Gasteiger partial charge is 0.324 e. The number of esters is 1. The van der Waals surface area contributed by atoms with Crippen molar-refractivity contribution in [3.8, 4) is 22.4 Å². The lowest BCUT2D eigenvalue weighted by Crippen LogP contribution is -2.47. The molecule has 74 heavy (non-hydrogen) atoms. The van der Waals surface area contributed by atoms with Crippen LogP contribution in [0.4, 0.5) is 11.4 Å². The van der Waals surface area contributed by atoms with Crippen molar-refractivity contribution in [1.82, 2.24) is 30.3 Å². The lowest BCUT2D eigenvalue weighted by molar-refractivity contribution is -0.149. The Balaban J connectivity index is 0.000000832. The van der Waals surface area contributed by atoms with Gasteiger partial charge < -0.3 is 34.7 Å². The molecule has 15 heteroatoms. The molecule has 3 aliphatic rings. The van der Waals surface area contributed by atoms with Gasteiger partial charge in [-0.2, -0.15) is 0 Å². The average molecular weight is 1020 g/mol. The highest BCUT2D eigenvalue weighted by atomic mass is 16.5. The van der Waals surface area contributed by atoms with Gasteiger partial charge in [-0.3, -0.25) is 34.7 Å². The van der Waals surface area contributed by atoms with Gasteiger partial charge in [0, 0.05) is 98.8 Å². The van der Waals surface area contributed by atoms with E-state index in [0.29, 0.717) is 39.0 Å². The largest absolute Gasteiger partial charge is 0.464 e. The number of rotatable bonds is 16. The topological polar surface area (TPSA) is 178 Å². The van der Waals surface area contributed by atoms with E-state index in [-0.39, 0.29) is 31.0 Å². The fourth-order valence-corrected chi connectivity index (χ4v) is 9.56. The van der Waals surface area contributed by atoms with Crippen LogP contribution in [0.5, 0.6) is 0 Å². The highest BCUT2D eigenvalue weighted by Gasteiger charge is 2.33. The third kappa shape index (κ3) is 17.4. The minimum atomic E-state index is -0.674. The van der Waals surface area contributed by atoms with Gasteiger partial charge in [-0.1, -0.05) is 79.0 Å². The van der Waals surface area contributed by atoms with Gasteiger partial charge in [0.1, 0.15) is 6.04 Å². The van der Waals surface area contributed by atoms with E-state index in [4.69, 9.17) is 24.9 Å². The van der Waals surface area contributed by atoms with Gasteiger partial charge >= 0.3 is 5.97 Å². The molecule has 2 amide bonds. The Kier molecular flexibility index (Phi) is 24.3. The van der Waals surface area contributed by atoms with Crippen molar-refractivity contribution >= 4 is 40.6 Å². The predicted octanol–water partition coefficient (Wildman–Crippen LogP) is 10.1. The van der Waals surface area contributed by atoms with Crippen LogP contribution in [0.2, 0.25) is 0 Å². The number of nitrogens with two attached hydrogens (primary N) is 1. The molecule has 15 nitrogen and oxygen atoms in total. The SMILES string of the molecule is CC.CCC.CCn1c(-c2cc(N3CCN(C4CC4)CC3)cnc2C(C)OC)c2c3cc(ccc31)-c1cc(cc(NCCOCCC(N)=O)c1)CCCCC[C@H](NNC=O)C(=O)OCC(C)(C)C2.c1ccncc1. The number of nitrogens with one attached hydrogen (secondary N) is 3. The summed E-state index contributed by atoms with van der Waals surface area (Å²) in [5.74, 6) is -0.756. The molecule has 2 atom stereocenters. The van der Waals surface area contributed by atoms with E-state index < -0.39 is 11.5 Å². The van der Waals surface area contributed by atoms with E-state index in [9.17, 15) is 14.4 Å². The lowest BCUT2D eigenvalue weighted by Gasteiger charge is -2.36. The number of hydrogen-bond acceptors (Lipinski definition) is 12. The highest BCUT2D eigenvalue weighted by Crippen LogP contribution is 2.43. The van der Waals surface area contributed by atoms with Crippen LogP contribution in [0.1, 0.15) is 130 Å². The van der Waals surface area contributed by atoms with Gasteiger partial charge in [-0.25, -0.2) is 5.43 Å². The third-order valence-corrected chi connectivity index (χ3v) is 13.4. The van der Waals surface area contributed by atoms with E-state index in [1.807, 2.05) is 38.2 Å². The van der Waals surface area contributed by atoms with E-state index >= 15 is 0 Å². The number of hydrogen-bond donors (Lipinski definition) is 4. The van der Waals surface area contributed by atoms with Crippen molar-refractivity contribution in [2.45, 2.75) is 144 Å². The number of ether oxygens (including phenoxy) is 3. The number of cyclic esters (lactones) is 1. The summed E-state index contributed by atoms with van der Waals surface area (Å²) in [6, 6.07) is 21.6. The Labute approximate surface area is 441 Å². The summed E-state index contributed by atoms with van der Waals surface area (Å²) in [4.78, 5) is 50.3. The second kappa shape index (κ2) is 30.5. The Morgan fingerprint density at radius 1 is 0.946 bits per heavy atom. The summed E-state index contributed by atoms with van der Waals surface area (Å²) in [6.45, 7) is 23.1. The average Bonchev–Trinajstić information content (AvgIpc) is 4.23. The number of anilines is 2. The van der Waals surface area contributed by atoms with Crippen LogP contribution in [0.3, 0.4) is 0 Å². The number of piperazine rings is 1. The Morgan fingerprint density at radius 3 is 2.32 bits per heavy atom. The van der Waals surface area contributed by atoms with Gasteiger partial charge in [0.2, 0.25) is 12.3 Å². The molecule has 2 aromatic carbocycles. The minimum absolute atomic E-state index is 0.192. The van der Waals surface area contributed by atoms with Crippen LogP contribution in [-0.4, -0.2) is 109 Å².